The smallest absolute Gasteiger partial charge is 0.327 e. The number of esters is 3. The molecule has 3 rings (SSSR count). The molecule has 1 aromatic carbocycles. The van der Waals surface area contributed by atoms with Gasteiger partial charge >= 0.3 is 17.9 Å². The highest BCUT2D eigenvalue weighted by atomic mass is 16.6. The zero-order valence-electron chi connectivity index (χ0n) is 17.4. The second-order valence-electron chi connectivity index (χ2n) is 7.62. The fourth-order valence-electron chi connectivity index (χ4n) is 5.05. The van der Waals surface area contributed by atoms with Crippen molar-refractivity contribution in [2.24, 2.45) is 16.2 Å². The molecule has 31 heavy (non-hydrogen) atoms. The van der Waals surface area contributed by atoms with E-state index in [1.54, 1.807) is 13.8 Å². The van der Waals surface area contributed by atoms with E-state index < -0.39 is 45.0 Å². The summed E-state index contributed by atoms with van der Waals surface area (Å²) in [5, 5.41) is 21.1. The van der Waals surface area contributed by atoms with E-state index in [2.05, 4.69) is 0 Å². The summed E-state index contributed by atoms with van der Waals surface area (Å²) < 4.78 is 15.2. The molecule has 2 aliphatic carbocycles. The van der Waals surface area contributed by atoms with E-state index in [9.17, 15) is 29.8 Å². The number of non-ortho nitro benzene ring substituents is 1. The molecule has 0 saturated heterocycles. The van der Waals surface area contributed by atoms with Crippen LogP contribution in [0.3, 0.4) is 0 Å². The Balaban J connectivity index is 2.10. The van der Waals surface area contributed by atoms with Crippen LogP contribution in [0.4, 0.5) is 5.69 Å². The molecule has 2 saturated carbocycles. The average molecular weight is 430 g/mol. The minimum Gasteiger partial charge on any atom is -0.468 e. The number of ether oxygens (including phenoxy) is 3. The van der Waals surface area contributed by atoms with Gasteiger partial charge in [0.2, 0.25) is 0 Å². The Labute approximate surface area is 178 Å². The fraction of sp³-hybridized carbons (Fsp3) is 0.524. The van der Waals surface area contributed by atoms with E-state index in [1.165, 1.54) is 24.3 Å². The fourth-order valence-corrected chi connectivity index (χ4v) is 5.05. The molecular formula is C21H22N2O8. The van der Waals surface area contributed by atoms with Crippen molar-refractivity contribution in [3.63, 3.8) is 0 Å². The predicted molar refractivity (Wildman–Crippen MR) is 103 cm³/mol. The van der Waals surface area contributed by atoms with Gasteiger partial charge in [0.1, 0.15) is 0 Å². The van der Waals surface area contributed by atoms with E-state index >= 15 is 0 Å². The van der Waals surface area contributed by atoms with E-state index in [0.29, 0.717) is 5.56 Å². The van der Waals surface area contributed by atoms with Crippen LogP contribution in [0.15, 0.2) is 24.3 Å². The second-order valence-corrected chi connectivity index (χ2v) is 7.62. The van der Waals surface area contributed by atoms with Crippen LogP contribution in [-0.2, 0) is 28.6 Å². The van der Waals surface area contributed by atoms with Crippen molar-refractivity contribution in [3.05, 3.63) is 39.9 Å². The van der Waals surface area contributed by atoms with Crippen LogP contribution in [0.5, 0.6) is 0 Å². The van der Waals surface area contributed by atoms with E-state index in [4.69, 9.17) is 14.2 Å². The molecule has 1 unspecified atom stereocenters. The Morgan fingerprint density at radius 2 is 1.68 bits per heavy atom. The SMILES string of the molecule is CCOC(=O)C1(C(=O)OCC)C[C@@]12C[C@@H](c1ccc([N+](=O)[O-])cc1)C2(C#N)C(=O)OC. The van der Waals surface area contributed by atoms with Gasteiger partial charge in [-0.25, -0.2) is 0 Å². The Bertz CT molecular complexity index is 964. The van der Waals surface area contributed by atoms with Gasteiger partial charge in [0, 0.05) is 23.5 Å². The molecule has 0 aliphatic heterocycles. The summed E-state index contributed by atoms with van der Waals surface area (Å²) in [4.78, 5) is 49.1. The zero-order chi connectivity index (χ0) is 23.0. The number of nitrogens with zero attached hydrogens (tertiary/aromatic N) is 2. The number of benzene rings is 1. The number of nitro groups is 1. The highest BCUT2D eigenvalue weighted by Gasteiger charge is 2.93. The van der Waals surface area contributed by atoms with Crippen molar-refractivity contribution in [3.8, 4) is 6.07 Å². The number of rotatable bonds is 7. The largest absolute Gasteiger partial charge is 0.468 e. The van der Waals surface area contributed by atoms with Crippen molar-refractivity contribution in [2.75, 3.05) is 20.3 Å². The molecule has 0 heterocycles. The van der Waals surface area contributed by atoms with Crippen molar-refractivity contribution >= 4 is 23.6 Å². The summed E-state index contributed by atoms with van der Waals surface area (Å²) in [6.45, 7) is 3.20. The second kappa shape index (κ2) is 7.65. The van der Waals surface area contributed by atoms with Crippen LogP contribution < -0.4 is 0 Å². The zero-order valence-corrected chi connectivity index (χ0v) is 17.4. The van der Waals surface area contributed by atoms with Crippen LogP contribution >= 0.6 is 0 Å². The number of nitro benzene ring substituents is 1. The highest BCUT2D eigenvalue weighted by Crippen LogP contribution is 2.85. The lowest BCUT2D eigenvalue weighted by Crippen LogP contribution is -2.59. The molecule has 10 heteroatoms. The Morgan fingerprint density at radius 1 is 1.13 bits per heavy atom. The number of hydrogen-bond acceptors (Lipinski definition) is 9. The van der Waals surface area contributed by atoms with E-state index in [-0.39, 0.29) is 31.7 Å². The molecule has 10 nitrogen and oxygen atoms in total. The molecule has 164 valence electrons. The molecule has 1 spiro atoms. The molecule has 2 fully saturated rings. The lowest BCUT2D eigenvalue weighted by molar-refractivity contribution is -0.384. The molecule has 0 aromatic heterocycles. The Hall–Kier alpha value is -3.48. The lowest BCUT2D eigenvalue weighted by atomic mass is 9.46. The molecule has 2 aliphatic rings. The first-order chi connectivity index (χ1) is 14.7. The van der Waals surface area contributed by atoms with Gasteiger partial charge in [0.15, 0.2) is 10.8 Å². The van der Waals surface area contributed by atoms with Crippen molar-refractivity contribution in [2.45, 2.75) is 32.6 Å². The molecule has 0 radical (unpaired) electrons. The maximum atomic E-state index is 13.0. The summed E-state index contributed by atoms with van der Waals surface area (Å²) in [6, 6.07) is 7.50. The summed E-state index contributed by atoms with van der Waals surface area (Å²) in [5.74, 6) is -3.27. The van der Waals surface area contributed by atoms with Gasteiger partial charge in [-0.3, -0.25) is 24.5 Å². The van der Waals surface area contributed by atoms with Gasteiger partial charge in [0.25, 0.3) is 5.69 Å². The first-order valence-electron chi connectivity index (χ1n) is 9.80. The molecule has 0 N–H and O–H groups in total. The first-order valence-corrected chi connectivity index (χ1v) is 9.80. The third-order valence-electron chi connectivity index (χ3n) is 6.53. The Kier molecular flexibility index (Phi) is 5.48. The summed E-state index contributed by atoms with van der Waals surface area (Å²) >= 11 is 0. The standard InChI is InChI=1S/C21H22N2O8/c1-4-30-17(25)20(18(26)31-5-2)11-19(20)10-15(21(19,12-22)16(24)29-3)13-6-8-14(9-7-13)23(27)28/h6-9,15H,4-5,10-11H2,1-3H3/t15-,19-,21?/m0/s1. The van der Waals surface area contributed by atoms with Crippen LogP contribution in [0.2, 0.25) is 0 Å². The number of hydrogen-bond donors (Lipinski definition) is 0. The minimum atomic E-state index is -1.85. The predicted octanol–water partition coefficient (Wildman–Crippen LogP) is 2.27. The average Bonchev–Trinajstić information content (AvgIpc) is 3.47. The minimum absolute atomic E-state index is 0.0135. The molecular weight excluding hydrogens is 408 g/mol. The summed E-state index contributed by atoms with van der Waals surface area (Å²) in [7, 11) is 1.12. The number of carbonyl (C=O) groups excluding carboxylic acids is 3. The van der Waals surface area contributed by atoms with Gasteiger partial charge in [-0.1, -0.05) is 12.1 Å². The van der Waals surface area contributed by atoms with Gasteiger partial charge in [-0.05, 0) is 32.3 Å². The number of methoxy groups -OCH3 is 1. The van der Waals surface area contributed by atoms with Crippen LogP contribution in [0.25, 0.3) is 0 Å². The maximum absolute atomic E-state index is 13.0. The van der Waals surface area contributed by atoms with Crippen molar-refractivity contribution in [1.82, 2.24) is 0 Å². The molecule has 0 amide bonds. The number of nitriles is 1. The monoisotopic (exact) mass is 430 g/mol. The van der Waals surface area contributed by atoms with Gasteiger partial charge in [0.05, 0.1) is 31.3 Å². The maximum Gasteiger partial charge on any atom is 0.327 e. The van der Waals surface area contributed by atoms with Crippen molar-refractivity contribution < 1.29 is 33.5 Å². The summed E-state index contributed by atoms with van der Waals surface area (Å²) in [6.07, 6.45) is 0.0644. The molecule has 0 bridgehead atoms. The summed E-state index contributed by atoms with van der Waals surface area (Å²) in [5.41, 5.74) is -4.61. The lowest BCUT2D eigenvalue weighted by Gasteiger charge is -2.52. The van der Waals surface area contributed by atoms with E-state index in [1.807, 2.05) is 6.07 Å². The van der Waals surface area contributed by atoms with Gasteiger partial charge in [-0.2, -0.15) is 5.26 Å². The van der Waals surface area contributed by atoms with Crippen molar-refractivity contribution in [1.29, 1.82) is 5.26 Å². The third-order valence-corrected chi connectivity index (χ3v) is 6.53. The Morgan fingerprint density at radius 3 is 2.10 bits per heavy atom. The molecule has 3 atom stereocenters. The third kappa shape index (κ3) is 2.72. The number of carbonyl (C=O) groups is 3. The molecule has 1 aromatic rings. The quantitative estimate of drug-likeness (QED) is 0.209. The normalized spacial score (nSPS) is 27.4. The highest BCUT2D eigenvalue weighted by molar-refractivity contribution is 6.08. The van der Waals surface area contributed by atoms with E-state index in [0.717, 1.165) is 7.11 Å². The van der Waals surface area contributed by atoms with Gasteiger partial charge < -0.3 is 14.2 Å². The first kappa shape index (κ1) is 22.2. The topological polar surface area (TPSA) is 146 Å². The van der Waals surface area contributed by atoms with Crippen LogP contribution in [-0.4, -0.2) is 43.2 Å². The van der Waals surface area contributed by atoms with Gasteiger partial charge in [-0.15, -0.1) is 0 Å². The van der Waals surface area contributed by atoms with Crippen LogP contribution in [0, 0.1) is 37.7 Å². The van der Waals surface area contributed by atoms with Crippen LogP contribution in [0.1, 0.15) is 38.2 Å².